The smallest absolute Gasteiger partial charge is 0.273 e. The van der Waals surface area contributed by atoms with Crippen LogP contribution in [0.1, 0.15) is 21.9 Å². The molecule has 0 spiro atoms. The quantitative estimate of drug-likeness (QED) is 0.895. The first-order valence-corrected chi connectivity index (χ1v) is 5.53. The Bertz CT molecular complexity index is 549. The Balaban J connectivity index is 2.01. The molecule has 1 heterocycles. The molecule has 0 aliphatic rings. The Morgan fingerprint density at radius 2 is 2.22 bits per heavy atom. The molecule has 0 fully saturated rings. The van der Waals surface area contributed by atoms with Crippen molar-refractivity contribution in [2.45, 2.75) is 13.5 Å². The van der Waals surface area contributed by atoms with Crippen LogP contribution >= 0.6 is 0 Å². The van der Waals surface area contributed by atoms with Crippen LogP contribution in [0.5, 0.6) is 5.75 Å². The number of aromatic nitrogens is 1. The average molecular weight is 246 g/mol. The van der Waals surface area contributed by atoms with Gasteiger partial charge in [-0.05, 0) is 6.07 Å². The van der Waals surface area contributed by atoms with E-state index in [9.17, 15) is 4.79 Å². The summed E-state index contributed by atoms with van der Waals surface area (Å²) in [5, 5.41) is 2.76. The van der Waals surface area contributed by atoms with Crippen LogP contribution in [-0.2, 0) is 6.54 Å². The second-order valence-electron chi connectivity index (χ2n) is 3.75. The number of aryl methyl sites for hydroxylation is 1. The third-order valence-corrected chi connectivity index (χ3v) is 2.48. The first-order chi connectivity index (χ1) is 8.70. The highest BCUT2D eigenvalue weighted by Gasteiger charge is 2.10. The zero-order chi connectivity index (χ0) is 13.0. The van der Waals surface area contributed by atoms with Crippen LogP contribution < -0.4 is 10.1 Å². The van der Waals surface area contributed by atoms with E-state index in [0.717, 1.165) is 11.3 Å². The molecule has 1 aromatic heterocycles. The number of benzene rings is 1. The van der Waals surface area contributed by atoms with E-state index in [2.05, 4.69) is 10.3 Å². The van der Waals surface area contributed by atoms with Crippen molar-refractivity contribution < 1.29 is 13.9 Å². The molecule has 5 nitrogen and oxygen atoms in total. The van der Waals surface area contributed by atoms with Crippen LogP contribution in [0.15, 0.2) is 34.9 Å². The molecular formula is C13H14N2O3. The minimum atomic E-state index is -0.266. The largest absolute Gasteiger partial charge is 0.496 e. The molecule has 0 radical (unpaired) electrons. The Morgan fingerprint density at radius 1 is 1.44 bits per heavy atom. The maximum Gasteiger partial charge on any atom is 0.273 e. The number of amides is 1. The summed E-state index contributed by atoms with van der Waals surface area (Å²) < 4.78 is 10.2. The van der Waals surface area contributed by atoms with E-state index in [0.29, 0.717) is 12.4 Å². The van der Waals surface area contributed by atoms with Crippen LogP contribution in [0.4, 0.5) is 0 Å². The molecule has 0 bridgehead atoms. The van der Waals surface area contributed by atoms with Gasteiger partial charge >= 0.3 is 0 Å². The third kappa shape index (κ3) is 2.68. The summed E-state index contributed by atoms with van der Waals surface area (Å²) >= 11 is 0. The summed E-state index contributed by atoms with van der Waals surface area (Å²) in [7, 11) is 1.60. The molecule has 1 aromatic carbocycles. The van der Waals surface area contributed by atoms with Crippen molar-refractivity contribution in [2.75, 3.05) is 7.11 Å². The molecule has 0 aliphatic carbocycles. The number of methoxy groups -OCH3 is 1. The number of nitrogens with one attached hydrogen (secondary N) is 1. The standard InChI is InChI=1S/C13H14N2O3/c1-9-15-11(8-18-9)13(16)14-7-10-5-3-4-6-12(10)17-2/h3-6,8H,7H2,1-2H3,(H,14,16). The van der Waals surface area contributed by atoms with Crippen LogP contribution in [0.3, 0.4) is 0 Å². The summed E-state index contributed by atoms with van der Waals surface area (Å²) in [6, 6.07) is 7.52. The molecule has 0 saturated heterocycles. The van der Waals surface area contributed by atoms with Crippen LogP contribution in [0, 0.1) is 6.92 Å². The predicted octanol–water partition coefficient (Wildman–Crippen LogP) is 1.92. The number of oxazole rings is 1. The summed E-state index contributed by atoms with van der Waals surface area (Å²) in [5.74, 6) is 0.948. The van der Waals surface area contributed by atoms with Gasteiger partial charge in [-0.15, -0.1) is 0 Å². The second kappa shape index (κ2) is 5.35. The van der Waals surface area contributed by atoms with Gasteiger partial charge in [-0.25, -0.2) is 4.98 Å². The highest BCUT2D eigenvalue weighted by atomic mass is 16.5. The highest BCUT2D eigenvalue weighted by molar-refractivity contribution is 5.91. The van der Waals surface area contributed by atoms with E-state index in [1.807, 2.05) is 24.3 Å². The topological polar surface area (TPSA) is 64.4 Å². The molecule has 18 heavy (non-hydrogen) atoms. The van der Waals surface area contributed by atoms with Gasteiger partial charge in [0.2, 0.25) is 0 Å². The lowest BCUT2D eigenvalue weighted by Crippen LogP contribution is -2.23. The van der Waals surface area contributed by atoms with Gasteiger partial charge in [-0.3, -0.25) is 4.79 Å². The number of carbonyl (C=O) groups is 1. The van der Waals surface area contributed by atoms with Crippen molar-refractivity contribution in [2.24, 2.45) is 0 Å². The Morgan fingerprint density at radius 3 is 2.89 bits per heavy atom. The summed E-state index contributed by atoms with van der Waals surface area (Å²) in [6.07, 6.45) is 1.34. The van der Waals surface area contributed by atoms with E-state index in [1.165, 1.54) is 6.26 Å². The van der Waals surface area contributed by atoms with E-state index < -0.39 is 0 Å². The Labute approximate surface area is 105 Å². The highest BCUT2D eigenvalue weighted by Crippen LogP contribution is 2.16. The lowest BCUT2D eigenvalue weighted by Gasteiger charge is -2.08. The first-order valence-electron chi connectivity index (χ1n) is 5.53. The zero-order valence-electron chi connectivity index (χ0n) is 10.3. The van der Waals surface area contributed by atoms with E-state index in [4.69, 9.17) is 9.15 Å². The molecule has 1 N–H and O–H groups in total. The van der Waals surface area contributed by atoms with Crippen molar-refractivity contribution in [3.8, 4) is 5.75 Å². The van der Waals surface area contributed by atoms with Crippen LogP contribution in [0.2, 0.25) is 0 Å². The number of hydrogen-bond donors (Lipinski definition) is 1. The Hall–Kier alpha value is -2.30. The maximum atomic E-state index is 11.8. The van der Waals surface area contributed by atoms with E-state index in [-0.39, 0.29) is 11.6 Å². The minimum Gasteiger partial charge on any atom is -0.496 e. The predicted molar refractivity (Wildman–Crippen MR) is 65.4 cm³/mol. The van der Waals surface area contributed by atoms with E-state index in [1.54, 1.807) is 14.0 Å². The van der Waals surface area contributed by atoms with Gasteiger partial charge in [0.05, 0.1) is 7.11 Å². The first kappa shape index (κ1) is 12.2. The molecule has 0 aliphatic heterocycles. The van der Waals surface area contributed by atoms with Gasteiger partial charge in [-0.2, -0.15) is 0 Å². The fourth-order valence-corrected chi connectivity index (χ4v) is 1.58. The molecule has 1 amide bonds. The number of rotatable bonds is 4. The average Bonchev–Trinajstić information content (AvgIpc) is 2.83. The molecule has 0 atom stereocenters. The van der Waals surface area contributed by atoms with Gasteiger partial charge in [0.15, 0.2) is 11.6 Å². The SMILES string of the molecule is COc1ccccc1CNC(=O)c1coc(C)n1. The molecule has 2 rings (SSSR count). The lowest BCUT2D eigenvalue weighted by atomic mass is 10.2. The molecule has 2 aromatic rings. The van der Waals surface area contributed by atoms with Crippen molar-refractivity contribution in [3.63, 3.8) is 0 Å². The fourth-order valence-electron chi connectivity index (χ4n) is 1.58. The normalized spacial score (nSPS) is 10.1. The van der Waals surface area contributed by atoms with Crippen molar-refractivity contribution in [3.05, 3.63) is 47.7 Å². The van der Waals surface area contributed by atoms with Gasteiger partial charge in [0.25, 0.3) is 5.91 Å². The molecule has 0 unspecified atom stereocenters. The van der Waals surface area contributed by atoms with E-state index >= 15 is 0 Å². The summed E-state index contributed by atoms with van der Waals surface area (Å²) in [6.45, 7) is 2.08. The molecule has 94 valence electrons. The van der Waals surface area contributed by atoms with Crippen molar-refractivity contribution >= 4 is 5.91 Å². The van der Waals surface area contributed by atoms with Gasteiger partial charge in [-0.1, -0.05) is 18.2 Å². The van der Waals surface area contributed by atoms with Crippen LogP contribution in [0.25, 0.3) is 0 Å². The zero-order valence-corrected chi connectivity index (χ0v) is 10.3. The summed E-state index contributed by atoms with van der Waals surface area (Å²) in [5.41, 5.74) is 1.19. The Kier molecular flexibility index (Phi) is 3.62. The van der Waals surface area contributed by atoms with Gasteiger partial charge < -0.3 is 14.5 Å². The summed E-state index contributed by atoms with van der Waals surface area (Å²) in [4.78, 5) is 15.7. The van der Waals surface area contributed by atoms with Crippen molar-refractivity contribution in [1.82, 2.24) is 10.3 Å². The maximum absolute atomic E-state index is 11.8. The molecule has 5 heteroatoms. The number of ether oxygens (including phenoxy) is 1. The number of carbonyl (C=O) groups excluding carboxylic acids is 1. The van der Waals surface area contributed by atoms with Crippen LogP contribution in [-0.4, -0.2) is 18.0 Å². The second-order valence-corrected chi connectivity index (χ2v) is 3.75. The monoisotopic (exact) mass is 246 g/mol. The van der Waals surface area contributed by atoms with Gasteiger partial charge in [0, 0.05) is 19.0 Å². The molecular weight excluding hydrogens is 232 g/mol. The lowest BCUT2D eigenvalue weighted by molar-refractivity contribution is 0.0945. The van der Waals surface area contributed by atoms with Crippen molar-refractivity contribution in [1.29, 1.82) is 0 Å². The third-order valence-electron chi connectivity index (χ3n) is 2.48. The molecule has 0 saturated carbocycles. The number of hydrogen-bond acceptors (Lipinski definition) is 4. The fraction of sp³-hybridized carbons (Fsp3) is 0.231. The minimum absolute atomic E-state index is 0.266. The number of para-hydroxylation sites is 1. The number of nitrogens with zero attached hydrogens (tertiary/aromatic N) is 1. The van der Waals surface area contributed by atoms with Gasteiger partial charge in [0.1, 0.15) is 12.0 Å².